The molecule has 0 saturated heterocycles. The van der Waals surface area contributed by atoms with Crippen molar-refractivity contribution in [2.24, 2.45) is 11.7 Å². The Labute approximate surface area is 148 Å². The molecule has 0 heterocycles. The van der Waals surface area contributed by atoms with E-state index in [1.54, 1.807) is 12.1 Å². The molecular weight excluding hydrogens is 314 g/mol. The van der Waals surface area contributed by atoms with Crippen molar-refractivity contribution in [1.82, 2.24) is 10.6 Å². The second-order valence-corrected chi connectivity index (χ2v) is 6.48. The second-order valence-electron chi connectivity index (χ2n) is 6.48. The number of amides is 3. The predicted molar refractivity (Wildman–Crippen MR) is 99.0 cm³/mol. The van der Waals surface area contributed by atoms with Crippen LogP contribution < -0.4 is 16.4 Å². The van der Waals surface area contributed by atoms with Crippen LogP contribution in [0.3, 0.4) is 0 Å². The van der Waals surface area contributed by atoms with Crippen molar-refractivity contribution >= 4 is 11.9 Å². The van der Waals surface area contributed by atoms with Gasteiger partial charge in [-0.2, -0.15) is 0 Å². The number of hydrogen-bond donors (Lipinski definition) is 3. The molecule has 0 radical (unpaired) electrons. The van der Waals surface area contributed by atoms with Crippen molar-refractivity contribution in [2.75, 3.05) is 0 Å². The smallest absolute Gasteiger partial charge is 0.312 e. The normalized spacial score (nSPS) is 11.8. The Morgan fingerprint density at radius 1 is 1.00 bits per heavy atom. The molecule has 0 aliphatic rings. The highest BCUT2D eigenvalue weighted by atomic mass is 16.2. The lowest BCUT2D eigenvalue weighted by atomic mass is 9.96. The van der Waals surface area contributed by atoms with Gasteiger partial charge in [0.15, 0.2) is 0 Å². The van der Waals surface area contributed by atoms with Crippen molar-refractivity contribution in [3.8, 4) is 0 Å². The van der Waals surface area contributed by atoms with E-state index in [2.05, 4.69) is 24.5 Å². The Kier molecular flexibility index (Phi) is 6.57. The first kappa shape index (κ1) is 18.5. The van der Waals surface area contributed by atoms with E-state index in [0.717, 1.165) is 17.5 Å². The van der Waals surface area contributed by atoms with E-state index in [1.807, 2.05) is 42.5 Å². The summed E-state index contributed by atoms with van der Waals surface area (Å²) in [7, 11) is 0. The lowest BCUT2D eigenvalue weighted by Gasteiger charge is -2.21. The zero-order valence-corrected chi connectivity index (χ0v) is 14.7. The van der Waals surface area contributed by atoms with Gasteiger partial charge in [0.25, 0.3) is 5.91 Å². The first-order chi connectivity index (χ1) is 12.0. The van der Waals surface area contributed by atoms with Crippen LogP contribution >= 0.6 is 0 Å². The minimum atomic E-state index is -0.568. The zero-order valence-electron chi connectivity index (χ0n) is 14.7. The lowest BCUT2D eigenvalue weighted by Crippen LogP contribution is -2.30. The fraction of sp³-hybridized carbons (Fsp3) is 0.300. The number of benzene rings is 2. The van der Waals surface area contributed by atoms with Gasteiger partial charge in [0.2, 0.25) is 0 Å². The molecule has 0 spiro atoms. The van der Waals surface area contributed by atoms with Crippen molar-refractivity contribution in [3.63, 3.8) is 0 Å². The van der Waals surface area contributed by atoms with Crippen LogP contribution in [-0.4, -0.2) is 11.9 Å². The number of nitrogens with two attached hydrogens (primary N) is 1. The maximum Gasteiger partial charge on any atom is 0.312 e. The summed E-state index contributed by atoms with van der Waals surface area (Å²) in [4.78, 5) is 23.3. The monoisotopic (exact) mass is 339 g/mol. The minimum Gasteiger partial charge on any atom is -0.352 e. The molecule has 2 aromatic rings. The summed E-state index contributed by atoms with van der Waals surface area (Å²) in [6, 6.07) is 16.5. The van der Waals surface area contributed by atoms with Crippen LogP contribution in [0.4, 0.5) is 4.79 Å². The fourth-order valence-corrected chi connectivity index (χ4v) is 2.64. The van der Waals surface area contributed by atoms with Crippen LogP contribution in [0.2, 0.25) is 0 Å². The highest BCUT2D eigenvalue weighted by Crippen LogP contribution is 2.21. The fourth-order valence-electron chi connectivity index (χ4n) is 2.64. The molecule has 2 rings (SSSR count). The third-order valence-electron chi connectivity index (χ3n) is 3.90. The minimum absolute atomic E-state index is 0.0232. The second kappa shape index (κ2) is 8.87. The third kappa shape index (κ3) is 5.95. The van der Waals surface area contributed by atoms with Gasteiger partial charge in [-0.25, -0.2) is 4.79 Å². The Morgan fingerprint density at radius 3 is 2.20 bits per heavy atom. The Balaban J connectivity index is 2.06. The summed E-state index contributed by atoms with van der Waals surface area (Å²) in [5.74, 6) is 0.358. The predicted octanol–water partition coefficient (Wildman–Crippen LogP) is 3.37. The summed E-state index contributed by atoms with van der Waals surface area (Å²) in [5, 5.41) is 5.65. The average molecular weight is 339 g/mol. The van der Waals surface area contributed by atoms with Gasteiger partial charge in [0, 0.05) is 12.1 Å². The molecule has 0 bridgehead atoms. The third-order valence-corrected chi connectivity index (χ3v) is 3.90. The van der Waals surface area contributed by atoms with Crippen LogP contribution in [0.25, 0.3) is 0 Å². The van der Waals surface area contributed by atoms with E-state index >= 15 is 0 Å². The molecule has 1 unspecified atom stereocenters. The number of hydrogen-bond acceptors (Lipinski definition) is 2. The molecular formula is C20H25N3O2. The molecule has 4 N–H and O–H groups in total. The van der Waals surface area contributed by atoms with Gasteiger partial charge >= 0.3 is 6.03 Å². The first-order valence-corrected chi connectivity index (χ1v) is 8.43. The van der Waals surface area contributed by atoms with E-state index in [4.69, 9.17) is 5.73 Å². The van der Waals surface area contributed by atoms with Crippen LogP contribution in [-0.2, 0) is 6.54 Å². The van der Waals surface area contributed by atoms with Crippen molar-refractivity contribution in [2.45, 2.75) is 32.9 Å². The highest BCUT2D eigenvalue weighted by molar-refractivity contribution is 5.94. The number of rotatable bonds is 7. The number of carbonyl (C=O) groups is 2. The van der Waals surface area contributed by atoms with Gasteiger partial charge in [-0.1, -0.05) is 56.3 Å². The molecule has 25 heavy (non-hydrogen) atoms. The molecule has 3 amide bonds. The summed E-state index contributed by atoms with van der Waals surface area (Å²) in [6.45, 7) is 4.63. The summed E-state index contributed by atoms with van der Waals surface area (Å²) < 4.78 is 0. The van der Waals surface area contributed by atoms with Crippen molar-refractivity contribution < 1.29 is 9.59 Å². The lowest BCUT2D eigenvalue weighted by molar-refractivity contribution is 0.0932. The molecule has 5 nitrogen and oxygen atoms in total. The largest absolute Gasteiger partial charge is 0.352 e. The van der Waals surface area contributed by atoms with Gasteiger partial charge in [-0.05, 0) is 35.6 Å². The van der Waals surface area contributed by atoms with E-state index in [1.165, 1.54) is 0 Å². The van der Waals surface area contributed by atoms with Crippen LogP contribution in [0, 0.1) is 5.92 Å². The van der Waals surface area contributed by atoms with E-state index in [9.17, 15) is 9.59 Å². The van der Waals surface area contributed by atoms with Crippen LogP contribution in [0.5, 0.6) is 0 Å². The quantitative estimate of drug-likeness (QED) is 0.722. The molecule has 0 fully saturated rings. The average Bonchev–Trinajstić information content (AvgIpc) is 2.60. The van der Waals surface area contributed by atoms with E-state index < -0.39 is 6.03 Å². The molecule has 2 aromatic carbocycles. The number of carbonyl (C=O) groups excluding carboxylic acids is 2. The molecule has 0 aliphatic heterocycles. The summed E-state index contributed by atoms with van der Waals surface area (Å²) in [6.07, 6.45) is 0.871. The molecule has 0 aliphatic carbocycles. The molecule has 5 heteroatoms. The summed E-state index contributed by atoms with van der Waals surface area (Å²) in [5.41, 5.74) is 7.63. The standard InChI is InChI=1S/C20H25N3O2/c1-14(2)12-18(16-6-4-3-5-7-16)23-19(24)17-10-8-15(9-11-17)13-22-20(21)25/h3-11,14,18H,12-13H2,1-2H3,(H,23,24)(H3,21,22,25). The maximum absolute atomic E-state index is 12.6. The van der Waals surface area contributed by atoms with E-state index in [-0.39, 0.29) is 11.9 Å². The zero-order chi connectivity index (χ0) is 18.2. The van der Waals surface area contributed by atoms with Gasteiger partial charge in [0.1, 0.15) is 0 Å². The molecule has 0 aromatic heterocycles. The topological polar surface area (TPSA) is 84.2 Å². The summed E-state index contributed by atoms with van der Waals surface area (Å²) >= 11 is 0. The number of urea groups is 1. The molecule has 1 atom stereocenters. The Hall–Kier alpha value is -2.82. The van der Waals surface area contributed by atoms with Gasteiger partial charge in [-0.15, -0.1) is 0 Å². The molecule has 0 saturated carbocycles. The van der Waals surface area contributed by atoms with Crippen LogP contribution in [0.1, 0.15) is 47.8 Å². The Bertz CT molecular complexity index is 697. The van der Waals surface area contributed by atoms with Crippen LogP contribution in [0.15, 0.2) is 54.6 Å². The highest BCUT2D eigenvalue weighted by Gasteiger charge is 2.17. The number of primary amides is 1. The van der Waals surface area contributed by atoms with Gasteiger partial charge in [0.05, 0.1) is 6.04 Å². The Morgan fingerprint density at radius 2 is 1.64 bits per heavy atom. The number of nitrogens with one attached hydrogen (secondary N) is 2. The van der Waals surface area contributed by atoms with Gasteiger partial charge < -0.3 is 16.4 Å². The first-order valence-electron chi connectivity index (χ1n) is 8.43. The SMILES string of the molecule is CC(C)CC(NC(=O)c1ccc(CNC(N)=O)cc1)c1ccccc1. The van der Waals surface area contributed by atoms with Crippen molar-refractivity contribution in [1.29, 1.82) is 0 Å². The van der Waals surface area contributed by atoms with E-state index in [0.29, 0.717) is 18.0 Å². The molecule has 132 valence electrons. The maximum atomic E-state index is 12.6. The van der Waals surface area contributed by atoms with Crippen molar-refractivity contribution in [3.05, 3.63) is 71.3 Å². The van der Waals surface area contributed by atoms with Gasteiger partial charge in [-0.3, -0.25) is 4.79 Å².